The van der Waals surface area contributed by atoms with Crippen LogP contribution in [0.2, 0.25) is 0 Å². The molecule has 0 aromatic rings. The Hall–Kier alpha value is -1.43. The van der Waals surface area contributed by atoms with Crippen molar-refractivity contribution in [3.8, 4) is 0 Å². The van der Waals surface area contributed by atoms with Crippen LogP contribution in [0.15, 0.2) is 0 Å². The van der Waals surface area contributed by atoms with Crippen LogP contribution < -0.4 is 0 Å². The lowest BCUT2D eigenvalue weighted by Crippen LogP contribution is -2.31. The van der Waals surface area contributed by atoms with Crippen molar-refractivity contribution in [2.45, 2.75) is 39.4 Å². The number of carbonyl (C=O) groups excluding carboxylic acids is 3. The molecule has 0 spiro atoms. The first-order valence-corrected chi connectivity index (χ1v) is 5.27. The molecule has 0 fully saturated rings. The van der Waals surface area contributed by atoms with Crippen LogP contribution >= 0.6 is 0 Å². The second-order valence-electron chi connectivity index (χ2n) is 3.56. The summed E-state index contributed by atoms with van der Waals surface area (Å²) < 4.78 is 14.3. The van der Waals surface area contributed by atoms with Gasteiger partial charge < -0.3 is 14.2 Å². The molecule has 0 saturated heterocycles. The summed E-state index contributed by atoms with van der Waals surface area (Å²) >= 11 is 0. The van der Waals surface area contributed by atoms with E-state index in [9.17, 15) is 14.4 Å². The van der Waals surface area contributed by atoms with Gasteiger partial charge in [-0.25, -0.2) is 4.79 Å². The van der Waals surface area contributed by atoms with E-state index >= 15 is 0 Å². The van der Waals surface area contributed by atoms with Crippen LogP contribution in [-0.2, 0) is 28.6 Å². The summed E-state index contributed by atoms with van der Waals surface area (Å²) in [6.07, 6.45) is -1.79. The van der Waals surface area contributed by atoms with Gasteiger partial charge in [-0.1, -0.05) is 0 Å². The molecule has 6 heteroatoms. The van der Waals surface area contributed by atoms with Gasteiger partial charge in [0.2, 0.25) is 0 Å². The van der Waals surface area contributed by atoms with Crippen molar-refractivity contribution in [3.05, 3.63) is 0 Å². The lowest BCUT2D eigenvalue weighted by molar-refractivity contribution is -0.171. The van der Waals surface area contributed by atoms with E-state index in [0.29, 0.717) is 0 Å². The Kier molecular flexibility index (Phi) is 7.13. The third-order valence-electron chi connectivity index (χ3n) is 2.02. The highest BCUT2D eigenvalue weighted by atomic mass is 16.6. The lowest BCUT2D eigenvalue weighted by atomic mass is 10.3. The molecule has 0 heterocycles. The average molecular weight is 246 g/mol. The van der Waals surface area contributed by atoms with Crippen molar-refractivity contribution >= 4 is 17.7 Å². The summed E-state index contributed by atoms with van der Waals surface area (Å²) in [5.41, 5.74) is 0. The van der Waals surface area contributed by atoms with Crippen molar-refractivity contribution in [1.82, 2.24) is 0 Å². The van der Waals surface area contributed by atoms with E-state index < -0.39 is 24.1 Å². The van der Waals surface area contributed by atoms with Gasteiger partial charge in [-0.3, -0.25) is 9.59 Å². The normalized spacial score (nSPS) is 13.6. The predicted octanol–water partition coefficient (Wildman–Crippen LogP) is 0.475. The van der Waals surface area contributed by atoms with Crippen molar-refractivity contribution in [1.29, 1.82) is 0 Å². The molecule has 0 aromatic heterocycles. The molecule has 17 heavy (non-hydrogen) atoms. The minimum atomic E-state index is -1.03. The molecule has 0 saturated carbocycles. The third kappa shape index (κ3) is 6.68. The maximum atomic E-state index is 11.4. The van der Waals surface area contributed by atoms with Crippen molar-refractivity contribution in [2.24, 2.45) is 0 Å². The standard InChI is InChI=1S/C11H18O6/c1-7(12)8(2)17-11(14)9(3)16-10(13)5-6-15-4/h8-9H,5-6H2,1-4H3. The molecule has 0 amide bonds. The van der Waals surface area contributed by atoms with Gasteiger partial charge in [-0.05, 0) is 20.8 Å². The van der Waals surface area contributed by atoms with E-state index in [-0.39, 0.29) is 18.8 Å². The SMILES string of the molecule is COCCC(=O)OC(C)C(=O)OC(C)C(C)=O. The Bertz CT molecular complexity index is 286. The van der Waals surface area contributed by atoms with Crippen LogP contribution in [0.25, 0.3) is 0 Å². The fraction of sp³-hybridized carbons (Fsp3) is 0.727. The highest BCUT2D eigenvalue weighted by Crippen LogP contribution is 2.02. The van der Waals surface area contributed by atoms with Crippen molar-refractivity contribution in [2.75, 3.05) is 13.7 Å². The molecule has 0 bridgehead atoms. The Labute approximate surface area is 100 Å². The van der Waals surface area contributed by atoms with Gasteiger partial charge in [0, 0.05) is 7.11 Å². The fourth-order valence-corrected chi connectivity index (χ4v) is 0.843. The molecular formula is C11H18O6. The summed E-state index contributed by atoms with van der Waals surface area (Å²) in [7, 11) is 1.46. The van der Waals surface area contributed by atoms with Gasteiger partial charge in [0.05, 0.1) is 13.0 Å². The van der Waals surface area contributed by atoms with Crippen LogP contribution in [0.4, 0.5) is 0 Å². The Balaban J connectivity index is 4.05. The fourth-order valence-electron chi connectivity index (χ4n) is 0.843. The topological polar surface area (TPSA) is 78.9 Å². The first-order chi connectivity index (χ1) is 7.88. The van der Waals surface area contributed by atoms with Gasteiger partial charge in [0.15, 0.2) is 18.0 Å². The zero-order chi connectivity index (χ0) is 13.4. The average Bonchev–Trinajstić information content (AvgIpc) is 2.25. The molecule has 0 aromatic carbocycles. The van der Waals surface area contributed by atoms with Crippen LogP contribution in [0, 0.1) is 0 Å². The van der Waals surface area contributed by atoms with Gasteiger partial charge in [-0.15, -0.1) is 0 Å². The smallest absolute Gasteiger partial charge is 0.347 e. The summed E-state index contributed by atoms with van der Waals surface area (Å²) in [6, 6.07) is 0. The molecule has 2 unspecified atom stereocenters. The summed E-state index contributed by atoms with van der Waals surface area (Å²) in [6.45, 7) is 4.39. The summed E-state index contributed by atoms with van der Waals surface area (Å²) in [4.78, 5) is 33.4. The molecule has 6 nitrogen and oxygen atoms in total. The molecular weight excluding hydrogens is 228 g/mol. The van der Waals surface area contributed by atoms with Crippen molar-refractivity contribution in [3.63, 3.8) is 0 Å². The van der Waals surface area contributed by atoms with Gasteiger partial charge in [0.1, 0.15) is 0 Å². The zero-order valence-electron chi connectivity index (χ0n) is 10.5. The molecule has 0 aliphatic rings. The molecule has 0 aliphatic carbocycles. The molecule has 2 atom stereocenters. The van der Waals surface area contributed by atoms with Crippen LogP contribution in [-0.4, -0.2) is 43.6 Å². The highest BCUT2D eigenvalue weighted by Gasteiger charge is 2.22. The van der Waals surface area contributed by atoms with E-state index in [4.69, 9.17) is 9.47 Å². The van der Waals surface area contributed by atoms with Crippen LogP contribution in [0.5, 0.6) is 0 Å². The summed E-state index contributed by atoms with van der Waals surface area (Å²) in [5, 5.41) is 0. The van der Waals surface area contributed by atoms with E-state index in [2.05, 4.69) is 4.74 Å². The Morgan fingerprint density at radius 1 is 1.06 bits per heavy atom. The number of esters is 2. The number of hydrogen-bond donors (Lipinski definition) is 0. The maximum Gasteiger partial charge on any atom is 0.347 e. The zero-order valence-corrected chi connectivity index (χ0v) is 10.5. The number of rotatable bonds is 7. The van der Waals surface area contributed by atoms with Crippen LogP contribution in [0.3, 0.4) is 0 Å². The molecule has 0 radical (unpaired) electrons. The summed E-state index contributed by atoms with van der Waals surface area (Å²) in [5.74, 6) is -1.55. The van der Waals surface area contributed by atoms with Gasteiger partial charge in [-0.2, -0.15) is 0 Å². The number of ether oxygens (including phenoxy) is 3. The Morgan fingerprint density at radius 2 is 1.65 bits per heavy atom. The second-order valence-corrected chi connectivity index (χ2v) is 3.56. The lowest BCUT2D eigenvalue weighted by Gasteiger charge is -2.15. The molecule has 0 N–H and O–H groups in total. The van der Waals surface area contributed by atoms with E-state index in [1.807, 2.05) is 0 Å². The minimum absolute atomic E-state index is 0.0659. The number of Topliss-reactive ketones (excluding diaryl/α,β-unsaturated/α-hetero) is 1. The molecule has 0 rings (SSSR count). The van der Waals surface area contributed by atoms with Gasteiger partial charge >= 0.3 is 11.9 Å². The number of carbonyl (C=O) groups is 3. The quantitative estimate of drug-likeness (QED) is 0.608. The number of ketones is 1. The number of hydrogen-bond acceptors (Lipinski definition) is 6. The van der Waals surface area contributed by atoms with Crippen molar-refractivity contribution < 1.29 is 28.6 Å². The maximum absolute atomic E-state index is 11.4. The largest absolute Gasteiger partial charge is 0.452 e. The van der Waals surface area contributed by atoms with E-state index in [1.165, 1.54) is 27.9 Å². The predicted molar refractivity (Wildman–Crippen MR) is 58.3 cm³/mol. The van der Waals surface area contributed by atoms with E-state index in [0.717, 1.165) is 0 Å². The number of methoxy groups -OCH3 is 1. The highest BCUT2D eigenvalue weighted by molar-refractivity contribution is 5.85. The molecule has 0 aliphatic heterocycles. The first kappa shape index (κ1) is 15.6. The van der Waals surface area contributed by atoms with Gasteiger partial charge in [0.25, 0.3) is 0 Å². The Morgan fingerprint density at radius 3 is 2.12 bits per heavy atom. The molecule has 98 valence electrons. The van der Waals surface area contributed by atoms with E-state index in [1.54, 1.807) is 0 Å². The minimum Gasteiger partial charge on any atom is -0.452 e. The third-order valence-corrected chi connectivity index (χ3v) is 2.02. The van der Waals surface area contributed by atoms with Crippen LogP contribution in [0.1, 0.15) is 27.2 Å². The monoisotopic (exact) mass is 246 g/mol. The second kappa shape index (κ2) is 7.78. The first-order valence-electron chi connectivity index (χ1n) is 5.27.